The van der Waals surface area contributed by atoms with Gasteiger partial charge in [0, 0.05) is 23.6 Å². The summed E-state index contributed by atoms with van der Waals surface area (Å²) in [6.45, 7) is 0. The molecular formula is C27H24ClFN6O3. The highest BCUT2D eigenvalue weighted by molar-refractivity contribution is 6.31. The van der Waals surface area contributed by atoms with Crippen LogP contribution in [0.2, 0.25) is 5.02 Å². The van der Waals surface area contributed by atoms with Gasteiger partial charge in [-0.05, 0) is 48.9 Å². The molecule has 4 rings (SSSR count). The molecule has 0 bridgehead atoms. The van der Waals surface area contributed by atoms with Crippen LogP contribution < -0.4 is 26.4 Å². The number of para-hydroxylation sites is 2. The molecule has 5 N–H and O–H groups in total. The summed E-state index contributed by atoms with van der Waals surface area (Å²) in [5.74, 6) is -0.335. The fourth-order valence-electron chi connectivity index (χ4n) is 3.56. The molecule has 0 radical (unpaired) electrons. The SMILES string of the molecule is COc1cc2ncnc(Nc3ccc(F)c(Cl)c3)c2cc1NC(=O)/C=C/CCC(=O)Nc1ccccc1N. The molecule has 0 aliphatic carbocycles. The van der Waals surface area contributed by atoms with Crippen molar-refractivity contribution in [1.82, 2.24) is 9.97 Å². The minimum atomic E-state index is -0.533. The maximum absolute atomic E-state index is 13.5. The molecule has 4 aromatic rings. The smallest absolute Gasteiger partial charge is 0.248 e. The van der Waals surface area contributed by atoms with Gasteiger partial charge >= 0.3 is 0 Å². The number of fused-ring (bicyclic) bond motifs is 1. The van der Waals surface area contributed by atoms with E-state index in [0.29, 0.717) is 51.6 Å². The van der Waals surface area contributed by atoms with Gasteiger partial charge in [-0.2, -0.15) is 0 Å². The Morgan fingerprint density at radius 3 is 2.66 bits per heavy atom. The number of rotatable bonds is 9. The van der Waals surface area contributed by atoms with Crippen LogP contribution in [0.4, 0.5) is 33.0 Å². The third-order valence-corrected chi connectivity index (χ3v) is 5.73. The van der Waals surface area contributed by atoms with Gasteiger partial charge in [-0.3, -0.25) is 9.59 Å². The number of amides is 2. The first-order valence-corrected chi connectivity index (χ1v) is 11.9. The van der Waals surface area contributed by atoms with Crippen LogP contribution in [0.15, 0.2) is 73.1 Å². The number of nitrogens with two attached hydrogens (primary N) is 1. The van der Waals surface area contributed by atoms with Crippen molar-refractivity contribution in [2.24, 2.45) is 0 Å². The number of methoxy groups -OCH3 is 1. The Kier molecular flexibility index (Phi) is 8.34. The zero-order valence-corrected chi connectivity index (χ0v) is 21.1. The average molecular weight is 535 g/mol. The zero-order valence-electron chi connectivity index (χ0n) is 20.3. The van der Waals surface area contributed by atoms with Crippen molar-refractivity contribution in [3.05, 3.63) is 83.9 Å². The van der Waals surface area contributed by atoms with E-state index in [1.807, 2.05) is 0 Å². The molecule has 0 saturated carbocycles. The van der Waals surface area contributed by atoms with Crippen LogP contribution in [0.5, 0.6) is 5.75 Å². The topological polar surface area (TPSA) is 131 Å². The van der Waals surface area contributed by atoms with E-state index < -0.39 is 11.7 Å². The molecule has 0 fully saturated rings. The molecule has 0 atom stereocenters. The molecule has 11 heteroatoms. The normalized spacial score (nSPS) is 10.9. The van der Waals surface area contributed by atoms with Crippen molar-refractivity contribution >= 4 is 62.9 Å². The van der Waals surface area contributed by atoms with Crippen LogP contribution in [0.3, 0.4) is 0 Å². The molecule has 2 amide bonds. The summed E-state index contributed by atoms with van der Waals surface area (Å²) in [4.78, 5) is 33.3. The Morgan fingerprint density at radius 1 is 1.08 bits per heavy atom. The molecule has 0 aliphatic heterocycles. The molecule has 0 spiro atoms. The van der Waals surface area contributed by atoms with Gasteiger partial charge in [0.25, 0.3) is 0 Å². The molecule has 194 valence electrons. The maximum Gasteiger partial charge on any atom is 0.248 e. The van der Waals surface area contributed by atoms with Crippen molar-refractivity contribution in [2.45, 2.75) is 12.8 Å². The summed E-state index contributed by atoms with van der Waals surface area (Å²) in [5, 5.41) is 9.16. The van der Waals surface area contributed by atoms with Gasteiger partial charge in [-0.25, -0.2) is 14.4 Å². The molecule has 3 aromatic carbocycles. The van der Waals surface area contributed by atoms with Gasteiger partial charge in [0.15, 0.2) is 0 Å². The lowest BCUT2D eigenvalue weighted by atomic mass is 10.1. The molecule has 1 heterocycles. The number of hydrogen-bond donors (Lipinski definition) is 4. The summed E-state index contributed by atoms with van der Waals surface area (Å²) in [7, 11) is 1.48. The quantitative estimate of drug-likeness (QED) is 0.161. The van der Waals surface area contributed by atoms with E-state index in [1.54, 1.807) is 42.5 Å². The second kappa shape index (κ2) is 12.0. The summed E-state index contributed by atoms with van der Waals surface area (Å²) in [5.41, 5.74) is 8.33. The molecule has 9 nitrogen and oxygen atoms in total. The van der Waals surface area contributed by atoms with Gasteiger partial charge in [0.1, 0.15) is 23.7 Å². The third-order valence-electron chi connectivity index (χ3n) is 5.44. The fourth-order valence-corrected chi connectivity index (χ4v) is 3.74. The first-order valence-electron chi connectivity index (χ1n) is 11.5. The van der Waals surface area contributed by atoms with Gasteiger partial charge in [0.2, 0.25) is 11.8 Å². The summed E-state index contributed by atoms with van der Waals surface area (Å²) in [6.07, 6.45) is 4.85. The van der Waals surface area contributed by atoms with Crippen LogP contribution in [-0.2, 0) is 9.59 Å². The molecule has 0 aliphatic rings. The number of allylic oxidation sites excluding steroid dienone is 1. The monoisotopic (exact) mass is 534 g/mol. The van der Waals surface area contributed by atoms with Gasteiger partial charge in [-0.1, -0.05) is 29.8 Å². The third kappa shape index (κ3) is 6.54. The summed E-state index contributed by atoms with van der Waals surface area (Å²) >= 11 is 5.89. The van der Waals surface area contributed by atoms with Crippen LogP contribution in [0.25, 0.3) is 10.9 Å². The Hall–Kier alpha value is -4.70. The van der Waals surface area contributed by atoms with E-state index in [2.05, 4.69) is 25.9 Å². The number of nitrogens with zero attached hydrogens (tertiary/aromatic N) is 2. The second-order valence-electron chi connectivity index (χ2n) is 8.11. The Bertz CT molecular complexity index is 1530. The predicted molar refractivity (Wildman–Crippen MR) is 147 cm³/mol. The summed E-state index contributed by atoms with van der Waals surface area (Å²) < 4.78 is 19.0. The predicted octanol–water partition coefficient (Wildman–Crippen LogP) is 5.67. The molecule has 0 saturated heterocycles. The standard InChI is InChI=1S/C27H24ClFN6O3/c1-38-24-14-22-17(27(32-15-31-22)33-16-10-11-19(29)18(28)12-16)13-23(24)35-26(37)9-5-4-8-25(36)34-21-7-3-2-6-20(21)30/h2-3,5-7,9-15H,4,8,30H2,1H3,(H,34,36)(H,35,37)(H,31,32,33)/b9-5+. The van der Waals surface area contributed by atoms with Crippen LogP contribution in [-0.4, -0.2) is 28.9 Å². The van der Waals surface area contributed by atoms with Gasteiger partial charge < -0.3 is 26.4 Å². The number of anilines is 5. The highest BCUT2D eigenvalue weighted by Gasteiger charge is 2.13. The minimum Gasteiger partial charge on any atom is -0.494 e. The number of carbonyl (C=O) groups is 2. The van der Waals surface area contributed by atoms with E-state index in [4.69, 9.17) is 22.1 Å². The second-order valence-corrected chi connectivity index (χ2v) is 8.52. The van der Waals surface area contributed by atoms with E-state index in [0.717, 1.165) is 0 Å². The molecule has 0 unspecified atom stereocenters. The van der Waals surface area contributed by atoms with Crippen molar-refractivity contribution < 1.29 is 18.7 Å². The average Bonchev–Trinajstić information content (AvgIpc) is 2.90. The highest BCUT2D eigenvalue weighted by atomic mass is 35.5. The first-order chi connectivity index (χ1) is 18.3. The van der Waals surface area contributed by atoms with Crippen LogP contribution in [0, 0.1) is 5.82 Å². The Morgan fingerprint density at radius 2 is 1.89 bits per heavy atom. The van der Waals surface area contributed by atoms with E-state index in [9.17, 15) is 14.0 Å². The van der Waals surface area contributed by atoms with Crippen molar-refractivity contribution in [2.75, 3.05) is 28.8 Å². The van der Waals surface area contributed by atoms with Crippen LogP contribution >= 0.6 is 11.6 Å². The number of halogens is 2. The van der Waals surface area contributed by atoms with Crippen LogP contribution in [0.1, 0.15) is 12.8 Å². The van der Waals surface area contributed by atoms with Gasteiger partial charge in [0.05, 0.1) is 34.7 Å². The first kappa shape index (κ1) is 26.4. The molecular weight excluding hydrogens is 511 g/mol. The lowest BCUT2D eigenvalue weighted by molar-refractivity contribution is -0.116. The largest absolute Gasteiger partial charge is 0.494 e. The van der Waals surface area contributed by atoms with E-state index in [-0.39, 0.29) is 17.4 Å². The minimum absolute atomic E-state index is 0.0311. The van der Waals surface area contributed by atoms with E-state index >= 15 is 0 Å². The lowest BCUT2D eigenvalue weighted by Crippen LogP contribution is -2.12. The Balaban J connectivity index is 1.43. The Labute approximate surface area is 222 Å². The van der Waals surface area contributed by atoms with Crippen molar-refractivity contribution in [1.29, 1.82) is 0 Å². The molecule has 38 heavy (non-hydrogen) atoms. The number of nitrogen functional groups attached to an aromatic ring is 1. The molecule has 1 aromatic heterocycles. The number of benzene rings is 3. The number of hydrogen-bond acceptors (Lipinski definition) is 7. The van der Waals surface area contributed by atoms with Gasteiger partial charge in [-0.15, -0.1) is 0 Å². The number of ether oxygens (including phenoxy) is 1. The number of carbonyl (C=O) groups excluding carboxylic acids is 2. The van der Waals surface area contributed by atoms with E-state index in [1.165, 1.54) is 37.7 Å². The zero-order chi connectivity index (χ0) is 27.1. The number of aromatic nitrogens is 2. The summed E-state index contributed by atoms with van der Waals surface area (Å²) in [6, 6.07) is 14.5. The van der Waals surface area contributed by atoms with Crippen molar-refractivity contribution in [3.8, 4) is 5.75 Å². The number of nitrogens with one attached hydrogen (secondary N) is 3. The fraction of sp³-hybridized carbons (Fsp3) is 0.111. The highest BCUT2D eigenvalue weighted by Crippen LogP contribution is 2.33. The lowest BCUT2D eigenvalue weighted by Gasteiger charge is -2.13. The van der Waals surface area contributed by atoms with Crippen molar-refractivity contribution in [3.63, 3.8) is 0 Å². The maximum atomic E-state index is 13.5.